The molecule has 5 atom stereocenters. The largest absolute Gasteiger partial charge is 0.463 e. The lowest BCUT2D eigenvalue weighted by Crippen LogP contribution is -2.63. The van der Waals surface area contributed by atoms with E-state index in [1.165, 1.54) is 31.2 Å². The Morgan fingerprint density at radius 3 is 1.84 bits per heavy atom. The lowest BCUT2D eigenvalue weighted by Gasteiger charge is -2.43. The van der Waals surface area contributed by atoms with Gasteiger partial charge in [0.1, 0.15) is 24.7 Å². The summed E-state index contributed by atoms with van der Waals surface area (Å²) in [4.78, 5) is 57.4. The monoisotopic (exact) mass is 452 g/mol. The van der Waals surface area contributed by atoms with Crippen LogP contribution < -0.4 is 4.74 Å². The molecular formula is C21H24O11. The lowest BCUT2D eigenvalue weighted by molar-refractivity contribution is -0.288. The number of hydrogen-bond acceptors (Lipinski definition) is 11. The van der Waals surface area contributed by atoms with Gasteiger partial charge in [-0.1, -0.05) is 0 Å². The zero-order chi connectivity index (χ0) is 23.8. The molecule has 1 aliphatic rings. The van der Waals surface area contributed by atoms with E-state index >= 15 is 0 Å². The maximum absolute atomic E-state index is 11.8. The molecule has 0 spiro atoms. The van der Waals surface area contributed by atoms with Gasteiger partial charge in [-0.3, -0.25) is 24.0 Å². The molecule has 0 aromatic heterocycles. The second kappa shape index (κ2) is 11.2. The van der Waals surface area contributed by atoms with E-state index in [2.05, 4.69) is 0 Å². The fourth-order valence-corrected chi connectivity index (χ4v) is 3.04. The van der Waals surface area contributed by atoms with Gasteiger partial charge in [-0.2, -0.15) is 0 Å². The molecule has 1 fully saturated rings. The van der Waals surface area contributed by atoms with Crippen molar-refractivity contribution in [3.63, 3.8) is 0 Å². The van der Waals surface area contributed by atoms with E-state index in [4.69, 9.17) is 28.4 Å². The highest BCUT2D eigenvalue weighted by Crippen LogP contribution is 2.31. The van der Waals surface area contributed by atoms with Crippen LogP contribution in [0.1, 0.15) is 38.1 Å². The van der Waals surface area contributed by atoms with Gasteiger partial charge in [0.05, 0.1) is 0 Å². The van der Waals surface area contributed by atoms with Crippen LogP contribution >= 0.6 is 0 Å². The fourth-order valence-electron chi connectivity index (χ4n) is 3.04. The molecule has 1 aromatic rings. The molecule has 174 valence electrons. The van der Waals surface area contributed by atoms with Crippen LogP contribution in [-0.4, -0.2) is 67.5 Å². The van der Waals surface area contributed by atoms with E-state index in [0.29, 0.717) is 11.8 Å². The van der Waals surface area contributed by atoms with Gasteiger partial charge in [-0.05, 0) is 24.3 Å². The summed E-state index contributed by atoms with van der Waals surface area (Å²) in [6, 6.07) is 5.96. The summed E-state index contributed by atoms with van der Waals surface area (Å²) in [7, 11) is 0. The fraction of sp³-hybridized carbons (Fsp3) is 0.476. The highest BCUT2D eigenvalue weighted by atomic mass is 16.7. The molecule has 0 saturated carbocycles. The summed E-state index contributed by atoms with van der Waals surface area (Å²) in [6.45, 7) is 4.21. The molecule has 32 heavy (non-hydrogen) atoms. The van der Waals surface area contributed by atoms with E-state index in [1.807, 2.05) is 0 Å². The average Bonchev–Trinajstić information content (AvgIpc) is 2.70. The van der Waals surface area contributed by atoms with Crippen LogP contribution in [-0.2, 0) is 42.9 Å². The van der Waals surface area contributed by atoms with Crippen molar-refractivity contribution in [3.05, 3.63) is 29.8 Å². The summed E-state index contributed by atoms with van der Waals surface area (Å²) >= 11 is 0. The first-order chi connectivity index (χ1) is 15.1. The summed E-state index contributed by atoms with van der Waals surface area (Å²) < 4.78 is 32.5. The van der Waals surface area contributed by atoms with Crippen LogP contribution in [0.4, 0.5) is 0 Å². The smallest absolute Gasteiger partial charge is 0.303 e. The zero-order valence-corrected chi connectivity index (χ0v) is 18.0. The Labute approximate surface area is 183 Å². The summed E-state index contributed by atoms with van der Waals surface area (Å²) in [6.07, 6.45) is -5.72. The van der Waals surface area contributed by atoms with Crippen molar-refractivity contribution < 1.29 is 52.4 Å². The van der Waals surface area contributed by atoms with Gasteiger partial charge in [0.15, 0.2) is 12.2 Å². The van der Waals surface area contributed by atoms with Crippen LogP contribution in [0.2, 0.25) is 0 Å². The molecule has 2 rings (SSSR count). The number of carbonyl (C=O) groups is 5. The maximum Gasteiger partial charge on any atom is 0.303 e. The van der Waals surface area contributed by atoms with Gasteiger partial charge in [0, 0.05) is 33.3 Å². The second-order valence-corrected chi connectivity index (χ2v) is 6.87. The van der Waals surface area contributed by atoms with E-state index in [9.17, 15) is 24.0 Å². The molecule has 1 unspecified atom stereocenters. The van der Waals surface area contributed by atoms with E-state index in [0.717, 1.165) is 20.8 Å². The Kier molecular flexibility index (Phi) is 8.71. The molecule has 1 heterocycles. The lowest BCUT2D eigenvalue weighted by atomic mass is 9.98. The Bertz CT molecular complexity index is 848. The Morgan fingerprint density at radius 1 is 0.812 bits per heavy atom. The quantitative estimate of drug-likeness (QED) is 0.316. The van der Waals surface area contributed by atoms with Gasteiger partial charge in [-0.15, -0.1) is 0 Å². The molecule has 0 radical (unpaired) electrons. The molecule has 11 nitrogen and oxygen atoms in total. The summed E-state index contributed by atoms with van der Waals surface area (Å²) in [5.41, 5.74) is 0.402. The Hall–Kier alpha value is -3.47. The number of carbonyl (C=O) groups excluding carboxylic acids is 5. The van der Waals surface area contributed by atoms with Crippen molar-refractivity contribution in [3.8, 4) is 5.75 Å². The van der Waals surface area contributed by atoms with Crippen LogP contribution in [0.25, 0.3) is 0 Å². The van der Waals surface area contributed by atoms with E-state index in [-0.39, 0.29) is 12.4 Å². The normalized spacial score (nSPS) is 24.6. The van der Waals surface area contributed by atoms with Crippen LogP contribution in [0, 0.1) is 0 Å². The average molecular weight is 452 g/mol. The van der Waals surface area contributed by atoms with Crippen molar-refractivity contribution in [2.24, 2.45) is 0 Å². The van der Waals surface area contributed by atoms with E-state index < -0.39 is 54.6 Å². The molecule has 11 heteroatoms. The maximum atomic E-state index is 11.8. The Morgan fingerprint density at radius 2 is 1.34 bits per heavy atom. The molecule has 1 aliphatic heterocycles. The van der Waals surface area contributed by atoms with Gasteiger partial charge in [0.25, 0.3) is 0 Å². The summed E-state index contributed by atoms with van der Waals surface area (Å²) in [5.74, 6) is -2.58. The minimum atomic E-state index is -1.34. The van der Waals surface area contributed by atoms with Gasteiger partial charge in [0.2, 0.25) is 12.4 Å². The van der Waals surface area contributed by atoms with Gasteiger partial charge in [-0.25, -0.2) is 0 Å². The van der Waals surface area contributed by atoms with Crippen molar-refractivity contribution >= 4 is 30.2 Å². The number of esters is 4. The molecule has 0 amide bonds. The van der Waals surface area contributed by atoms with Crippen LogP contribution in [0.15, 0.2) is 24.3 Å². The third kappa shape index (κ3) is 7.05. The Balaban J connectivity index is 2.43. The van der Waals surface area contributed by atoms with Crippen molar-refractivity contribution in [1.82, 2.24) is 0 Å². The molecule has 0 N–H and O–H groups in total. The molecule has 1 saturated heterocycles. The highest BCUT2D eigenvalue weighted by Gasteiger charge is 2.53. The number of aldehydes is 1. The highest BCUT2D eigenvalue weighted by molar-refractivity contribution is 5.74. The topological polar surface area (TPSA) is 141 Å². The minimum absolute atomic E-state index is 0.247. The number of hydrogen-bond donors (Lipinski definition) is 0. The first kappa shape index (κ1) is 24.8. The van der Waals surface area contributed by atoms with Crippen LogP contribution in [0.5, 0.6) is 5.75 Å². The third-order valence-electron chi connectivity index (χ3n) is 4.22. The minimum Gasteiger partial charge on any atom is -0.463 e. The number of ether oxygens (including phenoxy) is 6. The SMILES string of the molecule is CC(=O)OC[C@H]1OC(Oc2ccc(C=O)cc2)[C@H](OC(C)=O)[C@@H](OC(C)=O)[C@@H]1OC(C)=O. The predicted molar refractivity (Wildman–Crippen MR) is 104 cm³/mol. The standard InChI is InChI=1S/C21H24O11/c1-11(23)27-10-17-18(28-12(2)24)19(29-13(3)25)20(30-14(4)26)21(32-17)31-16-7-5-15(9-22)6-8-16/h5-9,17-21H,10H2,1-4H3/t17-,18-,19+,20-,21?/m1/s1. The van der Waals surface area contributed by atoms with Crippen LogP contribution in [0.3, 0.4) is 0 Å². The van der Waals surface area contributed by atoms with Crippen molar-refractivity contribution in [2.45, 2.75) is 58.4 Å². The molecule has 0 aliphatic carbocycles. The second-order valence-electron chi connectivity index (χ2n) is 6.87. The first-order valence-corrected chi connectivity index (χ1v) is 9.63. The number of benzene rings is 1. The van der Waals surface area contributed by atoms with E-state index in [1.54, 1.807) is 0 Å². The first-order valence-electron chi connectivity index (χ1n) is 9.63. The summed E-state index contributed by atoms with van der Waals surface area (Å²) in [5, 5.41) is 0. The molecular weight excluding hydrogens is 428 g/mol. The molecule has 0 bridgehead atoms. The predicted octanol–water partition coefficient (Wildman–Crippen LogP) is 0.961. The third-order valence-corrected chi connectivity index (χ3v) is 4.22. The number of rotatable bonds is 8. The zero-order valence-electron chi connectivity index (χ0n) is 18.0. The molecule has 1 aromatic carbocycles. The van der Waals surface area contributed by atoms with Gasteiger partial charge >= 0.3 is 23.9 Å². The van der Waals surface area contributed by atoms with Crippen molar-refractivity contribution in [2.75, 3.05) is 6.61 Å². The van der Waals surface area contributed by atoms with Crippen molar-refractivity contribution in [1.29, 1.82) is 0 Å². The van der Waals surface area contributed by atoms with Gasteiger partial charge < -0.3 is 28.4 Å².